The summed E-state index contributed by atoms with van der Waals surface area (Å²) in [4.78, 5) is 3.82. The molecule has 1 rings (SSSR count). The molecule has 0 heterocycles. The average Bonchev–Trinajstić information content (AvgIpc) is 2.16. The lowest BCUT2D eigenvalue weighted by atomic mass is 9.78. The van der Waals surface area contributed by atoms with E-state index in [1.165, 1.54) is 0 Å². The molecule has 0 unspecified atom stereocenters. The summed E-state index contributed by atoms with van der Waals surface area (Å²) in [6, 6.07) is 5.48. The molecule has 0 aliphatic heterocycles. The lowest BCUT2D eigenvalue weighted by molar-refractivity contribution is 0.426. The van der Waals surface area contributed by atoms with Gasteiger partial charge in [0, 0.05) is 33.7 Å². The molecule has 0 bridgehead atoms. The number of benzene rings is 1. The summed E-state index contributed by atoms with van der Waals surface area (Å²) in [6.45, 7) is 0. The summed E-state index contributed by atoms with van der Waals surface area (Å²) >= 11 is 0. The van der Waals surface area contributed by atoms with Crippen LogP contribution in [0.3, 0.4) is 0 Å². The highest BCUT2D eigenvalue weighted by Crippen LogP contribution is 2.24. The maximum atomic E-state index is 9.27. The number of hydrogen-bond donors (Lipinski definition) is 2. The van der Waals surface area contributed by atoms with Crippen molar-refractivity contribution in [2.75, 3.05) is 38.0 Å². The molecule has 15 heavy (non-hydrogen) atoms. The van der Waals surface area contributed by atoms with E-state index in [4.69, 9.17) is 0 Å². The first-order valence-electron chi connectivity index (χ1n) is 4.79. The van der Waals surface area contributed by atoms with Crippen molar-refractivity contribution in [3.63, 3.8) is 0 Å². The van der Waals surface area contributed by atoms with Gasteiger partial charge < -0.3 is 19.8 Å². The van der Waals surface area contributed by atoms with E-state index < -0.39 is 7.12 Å². The van der Waals surface area contributed by atoms with Crippen LogP contribution in [0.4, 0.5) is 11.4 Å². The fourth-order valence-electron chi connectivity index (χ4n) is 1.61. The Morgan fingerprint density at radius 3 is 2.00 bits per heavy atom. The Hall–Kier alpha value is -1.20. The zero-order valence-corrected chi connectivity index (χ0v) is 9.60. The molecule has 5 heteroatoms. The summed E-state index contributed by atoms with van der Waals surface area (Å²) in [5.41, 5.74) is 2.31. The van der Waals surface area contributed by atoms with Crippen LogP contribution in [0, 0.1) is 0 Å². The van der Waals surface area contributed by atoms with Gasteiger partial charge in [-0.2, -0.15) is 0 Å². The van der Waals surface area contributed by atoms with Crippen molar-refractivity contribution in [3.05, 3.63) is 18.2 Å². The number of hydrogen-bond acceptors (Lipinski definition) is 4. The number of nitrogens with zero attached hydrogens (tertiary/aromatic N) is 2. The molecule has 0 aromatic heterocycles. The van der Waals surface area contributed by atoms with Gasteiger partial charge in [0.15, 0.2) is 0 Å². The van der Waals surface area contributed by atoms with Gasteiger partial charge in [0.05, 0.1) is 11.4 Å². The third-order valence-corrected chi connectivity index (χ3v) is 2.25. The third-order valence-electron chi connectivity index (χ3n) is 2.25. The summed E-state index contributed by atoms with van der Waals surface area (Å²) in [5.74, 6) is 0. The minimum absolute atomic E-state index is 0.520. The maximum absolute atomic E-state index is 9.27. The molecule has 4 nitrogen and oxygen atoms in total. The first-order chi connectivity index (χ1) is 6.95. The first kappa shape index (κ1) is 11.9. The van der Waals surface area contributed by atoms with E-state index in [2.05, 4.69) is 0 Å². The summed E-state index contributed by atoms with van der Waals surface area (Å²) in [7, 11) is 6.18. The van der Waals surface area contributed by atoms with Crippen LogP contribution in [0.15, 0.2) is 18.2 Å². The number of rotatable bonds is 3. The molecule has 0 radical (unpaired) electrons. The van der Waals surface area contributed by atoms with Crippen LogP contribution in [-0.4, -0.2) is 45.4 Å². The molecule has 0 amide bonds. The fraction of sp³-hybridized carbons (Fsp3) is 0.400. The monoisotopic (exact) mass is 208 g/mol. The van der Waals surface area contributed by atoms with E-state index in [0.717, 1.165) is 11.4 Å². The van der Waals surface area contributed by atoms with Gasteiger partial charge in [-0.05, 0) is 6.07 Å². The summed E-state index contributed by atoms with van der Waals surface area (Å²) < 4.78 is 0. The molecule has 0 saturated heterocycles. The van der Waals surface area contributed by atoms with E-state index in [1.807, 2.05) is 50.1 Å². The van der Waals surface area contributed by atoms with Gasteiger partial charge in [-0.15, -0.1) is 0 Å². The van der Waals surface area contributed by atoms with Crippen LogP contribution in [0.1, 0.15) is 0 Å². The predicted octanol–water partition coefficient (Wildman–Crippen LogP) is -0.502. The molecule has 82 valence electrons. The zero-order chi connectivity index (χ0) is 11.6. The van der Waals surface area contributed by atoms with Crippen LogP contribution in [-0.2, 0) is 0 Å². The first-order valence-corrected chi connectivity index (χ1v) is 4.79. The Labute approximate surface area is 90.9 Å². The second-order valence-electron chi connectivity index (χ2n) is 3.88. The van der Waals surface area contributed by atoms with Crippen molar-refractivity contribution in [1.82, 2.24) is 0 Å². The van der Waals surface area contributed by atoms with Crippen LogP contribution in [0.25, 0.3) is 0 Å². The van der Waals surface area contributed by atoms with Crippen molar-refractivity contribution in [2.24, 2.45) is 0 Å². The second kappa shape index (κ2) is 4.55. The minimum Gasteiger partial charge on any atom is -0.423 e. The molecule has 1 aromatic rings. The zero-order valence-electron chi connectivity index (χ0n) is 9.60. The van der Waals surface area contributed by atoms with Gasteiger partial charge in [-0.1, -0.05) is 12.1 Å². The van der Waals surface area contributed by atoms with Crippen LogP contribution in [0.5, 0.6) is 0 Å². The Morgan fingerprint density at radius 2 is 1.60 bits per heavy atom. The van der Waals surface area contributed by atoms with E-state index in [0.29, 0.717) is 5.46 Å². The molecule has 1 aromatic carbocycles. The van der Waals surface area contributed by atoms with Crippen LogP contribution < -0.4 is 15.3 Å². The Kier molecular flexibility index (Phi) is 3.60. The van der Waals surface area contributed by atoms with Crippen LogP contribution >= 0.6 is 0 Å². The molecule has 0 fully saturated rings. The lowest BCUT2D eigenvalue weighted by Crippen LogP contribution is -2.35. The lowest BCUT2D eigenvalue weighted by Gasteiger charge is -2.25. The average molecular weight is 208 g/mol. The SMILES string of the molecule is CN(C)c1cccc(B(O)O)c1N(C)C. The van der Waals surface area contributed by atoms with Crippen molar-refractivity contribution in [2.45, 2.75) is 0 Å². The molecule has 0 spiro atoms. The maximum Gasteiger partial charge on any atom is 0.490 e. The van der Waals surface area contributed by atoms with Crippen molar-refractivity contribution in [1.29, 1.82) is 0 Å². The highest BCUT2D eigenvalue weighted by atomic mass is 16.4. The van der Waals surface area contributed by atoms with E-state index in [1.54, 1.807) is 6.07 Å². The van der Waals surface area contributed by atoms with Crippen molar-refractivity contribution < 1.29 is 10.0 Å². The smallest absolute Gasteiger partial charge is 0.423 e. The van der Waals surface area contributed by atoms with Crippen LogP contribution in [0.2, 0.25) is 0 Å². The Bertz CT molecular complexity index is 314. The largest absolute Gasteiger partial charge is 0.490 e. The van der Waals surface area contributed by atoms with Gasteiger partial charge >= 0.3 is 7.12 Å². The summed E-state index contributed by atoms with van der Waals surface area (Å²) in [5, 5.41) is 18.5. The van der Waals surface area contributed by atoms with Gasteiger partial charge in [0.25, 0.3) is 0 Å². The minimum atomic E-state index is -1.44. The van der Waals surface area contributed by atoms with Gasteiger partial charge in [-0.25, -0.2) is 0 Å². The fourth-order valence-corrected chi connectivity index (χ4v) is 1.61. The highest BCUT2D eigenvalue weighted by molar-refractivity contribution is 6.61. The Balaban J connectivity index is 3.35. The number of para-hydroxylation sites is 1. The molecule has 2 N–H and O–H groups in total. The third kappa shape index (κ3) is 2.43. The van der Waals surface area contributed by atoms with E-state index in [9.17, 15) is 10.0 Å². The van der Waals surface area contributed by atoms with Gasteiger partial charge in [0.2, 0.25) is 0 Å². The van der Waals surface area contributed by atoms with Gasteiger partial charge in [-0.3, -0.25) is 0 Å². The molecule has 0 aliphatic carbocycles. The van der Waals surface area contributed by atoms with Crippen molar-refractivity contribution >= 4 is 24.0 Å². The molecule has 0 aliphatic rings. The van der Waals surface area contributed by atoms with E-state index in [-0.39, 0.29) is 0 Å². The Morgan fingerprint density at radius 1 is 1.00 bits per heavy atom. The van der Waals surface area contributed by atoms with Crippen molar-refractivity contribution in [3.8, 4) is 0 Å². The molecular formula is C10H17BN2O2. The topological polar surface area (TPSA) is 46.9 Å². The van der Waals surface area contributed by atoms with Gasteiger partial charge in [0.1, 0.15) is 0 Å². The predicted molar refractivity (Wildman–Crippen MR) is 64.9 cm³/mol. The standard InChI is InChI=1S/C10H17BN2O2/c1-12(2)9-7-5-6-8(11(14)15)10(9)13(3)4/h5-7,14-15H,1-4H3. The number of anilines is 2. The molecule has 0 saturated carbocycles. The normalized spacial score (nSPS) is 10.0. The highest BCUT2D eigenvalue weighted by Gasteiger charge is 2.20. The quantitative estimate of drug-likeness (QED) is 0.657. The molecule has 0 atom stereocenters. The summed E-state index contributed by atoms with van der Waals surface area (Å²) in [6.07, 6.45) is 0. The molecular weight excluding hydrogens is 191 g/mol. The van der Waals surface area contributed by atoms with E-state index >= 15 is 0 Å². The second-order valence-corrected chi connectivity index (χ2v) is 3.88.